The minimum absolute atomic E-state index is 0.0572. The summed E-state index contributed by atoms with van der Waals surface area (Å²) in [5, 5.41) is 8.97. The van der Waals surface area contributed by atoms with Crippen LogP contribution >= 0.6 is 0 Å². The molecule has 19 heavy (non-hydrogen) atoms. The molecule has 2 aromatic carbocycles. The monoisotopic (exact) mass is 252 g/mol. The summed E-state index contributed by atoms with van der Waals surface area (Å²) in [5.41, 5.74) is 6.38. The second-order valence-electron chi connectivity index (χ2n) is 5.21. The van der Waals surface area contributed by atoms with Crippen molar-refractivity contribution in [3.63, 3.8) is 0 Å². The van der Waals surface area contributed by atoms with Gasteiger partial charge in [-0.15, -0.1) is 0 Å². The number of rotatable bonds is 3. The molecule has 0 bridgehead atoms. The lowest BCUT2D eigenvalue weighted by molar-refractivity contribution is -0.137. The van der Waals surface area contributed by atoms with Gasteiger partial charge < -0.3 is 5.11 Å². The first-order chi connectivity index (χ1) is 9.16. The summed E-state index contributed by atoms with van der Waals surface area (Å²) in [6, 6.07) is 14.7. The van der Waals surface area contributed by atoms with Crippen molar-refractivity contribution >= 4 is 5.97 Å². The third-order valence-electron chi connectivity index (χ3n) is 3.90. The molecule has 3 rings (SSSR count). The summed E-state index contributed by atoms with van der Waals surface area (Å²) in [7, 11) is 0. The van der Waals surface area contributed by atoms with E-state index in [2.05, 4.69) is 36.4 Å². The minimum Gasteiger partial charge on any atom is -0.481 e. The maximum Gasteiger partial charge on any atom is 0.303 e. The van der Waals surface area contributed by atoms with E-state index in [0.29, 0.717) is 0 Å². The van der Waals surface area contributed by atoms with Gasteiger partial charge in [0.15, 0.2) is 0 Å². The second kappa shape index (κ2) is 4.54. The molecule has 96 valence electrons. The number of benzene rings is 2. The van der Waals surface area contributed by atoms with Gasteiger partial charge in [0.2, 0.25) is 0 Å². The number of hydrogen-bond acceptors (Lipinski definition) is 1. The number of hydrogen-bond donors (Lipinski definition) is 1. The first kappa shape index (κ1) is 12.0. The highest BCUT2D eigenvalue weighted by Gasteiger charge is 2.23. The van der Waals surface area contributed by atoms with E-state index < -0.39 is 5.97 Å². The van der Waals surface area contributed by atoms with Crippen LogP contribution < -0.4 is 0 Å². The van der Waals surface area contributed by atoms with E-state index >= 15 is 0 Å². The smallest absolute Gasteiger partial charge is 0.303 e. The molecule has 1 N–H and O–H groups in total. The Hall–Kier alpha value is -2.09. The molecule has 2 heteroatoms. The van der Waals surface area contributed by atoms with Gasteiger partial charge in [0.25, 0.3) is 0 Å². The molecule has 0 heterocycles. The van der Waals surface area contributed by atoms with Crippen molar-refractivity contribution in [3.8, 4) is 11.1 Å². The lowest BCUT2D eigenvalue weighted by atomic mass is 9.90. The van der Waals surface area contributed by atoms with Crippen molar-refractivity contribution in [1.29, 1.82) is 0 Å². The number of carbonyl (C=O) groups is 1. The highest BCUT2D eigenvalue weighted by Crippen LogP contribution is 2.40. The van der Waals surface area contributed by atoms with E-state index in [1.807, 2.05) is 13.0 Å². The molecule has 0 saturated carbocycles. The van der Waals surface area contributed by atoms with E-state index in [9.17, 15) is 4.79 Å². The average molecular weight is 252 g/mol. The summed E-state index contributed by atoms with van der Waals surface area (Å²) in [4.78, 5) is 10.9. The fraction of sp³-hybridized carbons (Fsp3) is 0.235. The third-order valence-corrected chi connectivity index (χ3v) is 3.90. The van der Waals surface area contributed by atoms with Crippen LogP contribution in [0.25, 0.3) is 11.1 Å². The van der Waals surface area contributed by atoms with Gasteiger partial charge in [-0.2, -0.15) is 0 Å². The highest BCUT2D eigenvalue weighted by atomic mass is 16.4. The Labute approximate surface area is 112 Å². The lowest BCUT2D eigenvalue weighted by Gasteiger charge is -2.14. The lowest BCUT2D eigenvalue weighted by Crippen LogP contribution is -2.05. The molecule has 0 spiro atoms. The van der Waals surface area contributed by atoms with E-state index in [1.165, 1.54) is 27.8 Å². The van der Waals surface area contributed by atoms with E-state index in [1.54, 1.807) is 0 Å². The van der Waals surface area contributed by atoms with Crippen LogP contribution in [0.1, 0.15) is 36.0 Å². The van der Waals surface area contributed by atoms with Crippen LogP contribution in [-0.2, 0) is 11.2 Å². The maximum atomic E-state index is 10.9. The zero-order valence-electron chi connectivity index (χ0n) is 10.9. The van der Waals surface area contributed by atoms with Crippen LogP contribution in [0.3, 0.4) is 0 Å². The topological polar surface area (TPSA) is 37.3 Å². The van der Waals surface area contributed by atoms with Crippen LogP contribution in [0, 0.1) is 0 Å². The zero-order chi connectivity index (χ0) is 13.4. The molecule has 0 aliphatic heterocycles. The number of aliphatic carboxylic acids is 1. The Balaban J connectivity index is 2.06. The minimum atomic E-state index is -0.736. The van der Waals surface area contributed by atoms with E-state index in [-0.39, 0.29) is 12.3 Å². The molecule has 2 nitrogen and oxygen atoms in total. The first-order valence-corrected chi connectivity index (χ1v) is 6.58. The van der Waals surface area contributed by atoms with Crippen molar-refractivity contribution < 1.29 is 9.90 Å². The van der Waals surface area contributed by atoms with Gasteiger partial charge in [0.05, 0.1) is 6.42 Å². The zero-order valence-corrected chi connectivity index (χ0v) is 10.9. The third kappa shape index (κ3) is 2.03. The van der Waals surface area contributed by atoms with Crippen molar-refractivity contribution in [2.45, 2.75) is 25.7 Å². The molecule has 0 saturated heterocycles. The average Bonchev–Trinajstić information content (AvgIpc) is 2.76. The summed E-state index contributed by atoms with van der Waals surface area (Å²) in [6.45, 7) is 1.99. The second-order valence-corrected chi connectivity index (χ2v) is 5.21. The largest absolute Gasteiger partial charge is 0.481 e. The van der Waals surface area contributed by atoms with Gasteiger partial charge in [-0.3, -0.25) is 4.79 Å². The number of fused-ring (bicyclic) bond motifs is 3. The van der Waals surface area contributed by atoms with Crippen LogP contribution in [0.2, 0.25) is 0 Å². The van der Waals surface area contributed by atoms with Gasteiger partial charge in [0.1, 0.15) is 0 Å². The Morgan fingerprint density at radius 1 is 1.16 bits per heavy atom. The molecular weight excluding hydrogens is 236 g/mol. The highest BCUT2D eigenvalue weighted by molar-refractivity contribution is 5.78. The summed E-state index contributed by atoms with van der Waals surface area (Å²) in [6.07, 6.45) is 1.11. The molecule has 1 aliphatic carbocycles. The molecular formula is C17H16O2. The Kier molecular flexibility index (Phi) is 2.86. The normalized spacial score (nSPS) is 13.7. The van der Waals surface area contributed by atoms with Crippen LogP contribution in [0.15, 0.2) is 42.5 Å². The molecule has 1 aliphatic rings. The molecule has 0 fully saturated rings. The van der Waals surface area contributed by atoms with Crippen LogP contribution in [-0.4, -0.2) is 11.1 Å². The van der Waals surface area contributed by atoms with Crippen LogP contribution in [0.5, 0.6) is 0 Å². The van der Waals surface area contributed by atoms with Crippen molar-refractivity contribution in [1.82, 2.24) is 0 Å². The van der Waals surface area contributed by atoms with Crippen LogP contribution in [0.4, 0.5) is 0 Å². The molecule has 1 unspecified atom stereocenters. The fourth-order valence-electron chi connectivity index (χ4n) is 3.02. The molecule has 2 aromatic rings. The van der Waals surface area contributed by atoms with Gasteiger partial charge in [-0.05, 0) is 40.2 Å². The predicted octanol–water partition coefficient (Wildman–Crippen LogP) is 3.84. The maximum absolute atomic E-state index is 10.9. The summed E-state index contributed by atoms with van der Waals surface area (Å²) >= 11 is 0. The molecule has 1 atom stereocenters. The number of carboxylic acids is 1. The van der Waals surface area contributed by atoms with Crippen molar-refractivity contribution in [3.05, 3.63) is 59.2 Å². The van der Waals surface area contributed by atoms with Gasteiger partial charge in [0, 0.05) is 0 Å². The standard InChI is InChI=1S/C17H16O2/c1-11(9-17(18)19)13-7-4-8-15-14-6-3-2-5-12(14)10-16(13)15/h2-8,11H,9-10H2,1H3,(H,18,19). The van der Waals surface area contributed by atoms with Gasteiger partial charge in [-0.1, -0.05) is 49.4 Å². The Morgan fingerprint density at radius 2 is 1.89 bits per heavy atom. The van der Waals surface area contributed by atoms with E-state index in [4.69, 9.17) is 5.11 Å². The molecule has 0 radical (unpaired) electrons. The molecule has 0 aromatic heterocycles. The van der Waals surface area contributed by atoms with Crippen molar-refractivity contribution in [2.75, 3.05) is 0 Å². The predicted molar refractivity (Wildman–Crippen MR) is 75.4 cm³/mol. The number of carboxylic acid groups (broad SMARTS) is 1. The van der Waals surface area contributed by atoms with E-state index in [0.717, 1.165) is 6.42 Å². The first-order valence-electron chi connectivity index (χ1n) is 6.58. The van der Waals surface area contributed by atoms with Gasteiger partial charge in [-0.25, -0.2) is 0 Å². The van der Waals surface area contributed by atoms with Crippen molar-refractivity contribution in [2.24, 2.45) is 0 Å². The molecule has 0 amide bonds. The summed E-state index contributed by atoms with van der Waals surface area (Å²) in [5.74, 6) is -0.678. The fourth-order valence-corrected chi connectivity index (χ4v) is 3.02. The Bertz CT molecular complexity index is 643. The SMILES string of the molecule is CC(CC(=O)O)c1cccc2c1Cc1ccccc1-2. The van der Waals surface area contributed by atoms with Gasteiger partial charge >= 0.3 is 5.97 Å². The Morgan fingerprint density at radius 3 is 2.68 bits per heavy atom. The summed E-state index contributed by atoms with van der Waals surface area (Å²) < 4.78 is 0. The quantitative estimate of drug-likeness (QED) is 0.769.